The average molecular weight is 620 g/mol. The summed E-state index contributed by atoms with van der Waals surface area (Å²) in [4.78, 5) is 0. The van der Waals surface area contributed by atoms with Crippen LogP contribution in [0.15, 0.2) is 152 Å². The summed E-state index contributed by atoms with van der Waals surface area (Å²) in [5, 5.41) is 5.21. The highest BCUT2D eigenvalue weighted by Gasteiger charge is 2.44. The van der Waals surface area contributed by atoms with Gasteiger partial charge in [-0.05, 0) is 79.0 Å². The smallest absolute Gasteiger partial charge is 0.112 e. The Hall–Kier alpha value is -2.77. The Labute approximate surface area is 269 Å². The van der Waals surface area contributed by atoms with E-state index in [1.54, 1.807) is 0 Å². The van der Waals surface area contributed by atoms with E-state index in [2.05, 4.69) is 175 Å². The van der Waals surface area contributed by atoms with Gasteiger partial charge in [0, 0.05) is 16.8 Å². The van der Waals surface area contributed by atoms with Gasteiger partial charge in [-0.25, -0.2) is 0 Å². The summed E-state index contributed by atoms with van der Waals surface area (Å²) in [5.41, 5.74) is 2.88. The Balaban J connectivity index is 1.22. The Bertz CT molecular complexity index is 1330. The molecule has 0 spiro atoms. The molecule has 3 heteroatoms. The Morgan fingerprint density at radius 3 is 1.37 bits per heavy atom. The SMILES string of the molecule is c1ccc(CSCCC(CCCCC[P+](c2ccccc2)(c2ccccc2)c2ccccc2)SCc2ccccc2)cc1. The third-order valence-electron chi connectivity index (χ3n) is 8.13. The van der Waals surface area contributed by atoms with Crippen molar-refractivity contribution in [2.45, 2.75) is 48.9 Å². The van der Waals surface area contributed by atoms with Crippen LogP contribution >= 0.6 is 30.8 Å². The minimum absolute atomic E-state index is 0.709. The fourth-order valence-corrected chi connectivity index (χ4v) is 12.7. The lowest BCUT2D eigenvalue weighted by atomic mass is 10.1. The fourth-order valence-electron chi connectivity index (χ4n) is 5.86. The highest BCUT2D eigenvalue weighted by atomic mass is 32.2. The van der Waals surface area contributed by atoms with Gasteiger partial charge < -0.3 is 0 Å². The van der Waals surface area contributed by atoms with Crippen LogP contribution < -0.4 is 15.9 Å². The molecular weight excluding hydrogens is 576 g/mol. The third-order valence-corrected chi connectivity index (χ3v) is 15.2. The van der Waals surface area contributed by atoms with Gasteiger partial charge in [-0.15, -0.1) is 0 Å². The van der Waals surface area contributed by atoms with E-state index in [1.807, 2.05) is 0 Å². The zero-order chi connectivity index (χ0) is 29.4. The van der Waals surface area contributed by atoms with Crippen LogP contribution in [0.2, 0.25) is 0 Å². The molecule has 0 saturated carbocycles. The van der Waals surface area contributed by atoms with E-state index in [0.717, 1.165) is 11.5 Å². The van der Waals surface area contributed by atoms with Crippen LogP contribution in [-0.2, 0) is 11.5 Å². The van der Waals surface area contributed by atoms with Gasteiger partial charge in [0.25, 0.3) is 0 Å². The highest BCUT2D eigenvalue weighted by Crippen LogP contribution is 2.56. The molecule has 5 aromatic carbocycles. The van der Waals surface area contributed by atoms with E-state index < -0.39 is 7.26 Å². The van der Waals surface area contributed by atoms with Crippen molar-refractivity contribution in [3.05, 3.63) is 163 Å². The van der Waals surface area contributed by atoms with Crippen LogP contribution in [0.25, 0.3) is 0 Å². The summed E-state index contributed by atoms with van der Waals surface area (Å²) < 4.78 is 0. The summed E-state index contributed by atoms with van der Waals surface area (Å²) in [6, 6.07) is 55.9. The molecule has 0 N–H and O–H groups in total. The maximum Gasteiger partial charge on any atom is 0.112 e. The number of thioether (sulfide) groups is 2. The summed E-state index contributed by atoms with van der Waals surface area (Å²) >= 11 is 4.26. The predicted octanol–water partition coefficient (Wildman–Crippen LogP) is 10.2. The molecule has 1 unspecified atom stereocenters. The van der Waals surface area contributed by atoms with Crippen LogP contribution in [0.3, 0.4) is 0 Å². The minimum Gasteiger partial charge on any atom is -0.157 e. The van der Waals surface area contributed by atoms with Crippen LogP contribution in [-0.4, -0.2) is 17.2 Å². The first kappa shape index (κ1) is 31.6. The molecule has 0 aliphatic rings. The number of rotatable bonds is 17. The quantitative estimate of drug-likeness (QED) is 0.0750. The van der Waals surface area contributed by atoms with Crippen molar-refractivity contribution in [2.24, 2.45) is 0 Å². The molecule has 0 bridgehead atoms. The van der Waals surface area contributed by atoms with Gasteiger partial charge in [0.15, 0.2) is 0 Å². The lowest BCUT2D eigenvalue weighted by Gasteiger charge is -2.28. The first-order valence-electron chi connectivity index (χ1n) is 15.7. The van der Waals surface area contributed by atoms with E-state index in [-0.39, 0.29) is 0 Å². The molecule has 1 atom stereocenters. The lowest BCUT2D eigenvalue weighted by Crippen LogP contribution is -2.33. The molecule has 220 valence electrons. The normalized spacial score (nSPS) is 12.2. The molecule has 0 aliphatic heterocycles. The van der Waals surface area contributed by atoms with Crippen LogP contribution in [0, 0.1) is 0 Å². The van der Waals surface area contributed by atoms with Crippen molar-refractivity contribution in [1.29, 1.82) is 0 Å². The fraction of sp³-hybridized carbons (Fsp3) is 0.250. The largest absolute Gasteiger partial charge is 0.157 e. The summed E-state index contributed by atoms with van der Waals surface area (Å²) in [7, 11) is -1.73. The van der Waals surface area contributed by atoms with Crippen LogP contribution in [0.4, 0.5) is 0 Å². The van der Waals surface area contributed by atoms with E-state index in [0.29, 0.717) is 5.25 Å². The van der Waals surface area contributed by atoms with Gasteiger partial charge in [-0.2, -0.15) is 23.5 Å². The van der Waals surface area contributed by atoms with Crippen molar-refractivity contribution in [3.63, 3.8) is 0 Å². The number of hydrogen-bond donors (Lipinski definition) is 0. The molecule has 5 aromatic rings. The first-order chi connectivity index (χ1) is 21.3. The second kappa shape index (κ2) is 17.5. The zero-order valence-electron chi connectivity index (χ0n) is 25.1. The van der Waals surface area contributed by atoms with Gasteiger partial charge >= 0.3 is 0 Å². The molecular formula is C40H44PS2+. The number of benzene rings is 5. The third kappa shape index (κ3) is 9.36. The van der Waals surface area contributed by atoms with Crippen molar-refractivity contribution in [3.8, 4) is 0 Å². The van der Waals surface area contributed by atoms with Gasteiger partial charge in [-0.1, -0.05) is 122 Å². The van der Waals surface area contributed by atoms with Crippen molar-refractivity contribution >= 4 is 46.7 Å². The van der Waals surface area contributed by atoms with Gasteiger partial charge in [0.2, 0.25) is 0 Å². The van der Waals surface area contributed by atoms with Gasteiger partial charge in [-0.3, -0.25) is 0 Å². The maximum atomic E-state index is 2.37. The van der Waals surface area contributed by atoms with Crippen LogP contribution in [0.1, 0.15) is 43.2 Å². The molecule has 5 rings (SSSR count). The molecule has 0 radical (unpaired) electrons. The number of hydrogen-bond acceptors (Lipinski definition) is 2. The number of unbranched alkanes of at least 4 members (excludes halogenated alkanes) is 2. The van der Waals surface area contributed by atoms with Gasteiger partial charge in [0.1, 0.15) is 23.2 Å². The second-order valence-electron chi connectivity index (χ2n) is 11.1. The summed E-state index contributed by atoms with van der Waals surface area (Å²) in [6.07, 6.45) is 7.65. The van der Waals surface area contributed by atoms with E-state index in [1.165, 1.54) is 71.1 Å². The molecule has 0 aliphatic carbocycles. The zero-order valence-corrected chi connectivity index (χ0v) is 27.7. The summed E-state index contributed by atoms with van der Waals surface area (Å²) in [5.74, 6) is 3.45. The van der Waals surface area contributed by atoms with Crippen molar-refractivity contribution in [2.75, 3.05) is 11.9 Å². The molecule has 0 amide bonds. The maximum absolute atomic E-state index is 2.37. The first-order valence-corrected chi connectivity index (χ1v) is 19.8. The van der Waals surface area contributed by atoms with Crippen molar-refractivity contribution in [1.82, 2.24) is 0 Å². The Morgan fingerprint density at radius 2 is 0.884 bits per heavy atom. The van der Waals surface area contributed by atoms with E-state index >= 15 is 0 Å². The minimum atomic E-state index is -1.73. The van der Waals surface area contributed by atoms with Crippen molar-refractivity contribution < 1.29 is 0 Å². The van der Waals surface area contributed by atoms with Gasteiger partial charge in [0.05, 0.1) is 6.16 Å². The standard InChI is InChI=1S/C40H44PS2/c1-7-19-35(20-8-1)33-42-32-30-40(43-34-36-21-9-2-10-22-36)29-17-6-18-31-41(37-23-11-3-12-24-37,38-25-13-4-14-26-38)39-27-15-5-16-28-39/h1-5,7-16,19-28,40H,6,17-18,29-34H2/q+1. The topological polar surface area (TPSA) is 0 Å². The predicted molar refractivity (Wildman–Crippen MR) is 197 cm³/mol. The molecule has 0 heterocycles. The summed E-state index contributed by atoms with van der Waals surface area (Å²) in [6.45, 7) is 0. The Morgan fingerprint density at radius 1 is 0.442 bits per heavy atom. The average Bonchev–Trinajstić information content (AvgIpc) is 3.09. The molecule has 0 nitrogen and oxygen atoms in total. The Kier molecular flexibility index (Phi) is 12.9. The van der Waals surface area contributed by atoms with E-state index in [9.17, 15) is 0 Å². The molecule has 0 saturated heterocycles. The molecule has 0 aromatic heterocycles. The van der Waals surface area contributed by atoms with Crippen LogP contribution in [0.5, 0.6) is 0 Å². The second-order valence-corrected chi connectivity index (χ2v) is 17.1. The lowest BCUT2D eigenvalue weighted by molar-refractivity contribution is 0.639. The monoisotopic (exact) mass is 619 g/mol. The molecule has 43 heavy (non-hydrogen) atoms. The van der Waals surface area contributed by atoms with E-state index in [4.69, 9.17) is 0 Å². The molecule has 0 fully saturated rings. The highest BCUT2D eigenvalue weighted by molar-refractivity contribution is 7.99.